The predicted molar refractivity (Wildman–Crippen MR) is 77.8 cm³/mol. The minimum absolute atomic E-state index is 0.359. The third kappa shape index (κ3) is 2.19. The van der Waals surface area contributed by atoms with Crippen LogP contribution in [0.15, 0.2) is 6.07 Å². The lowest BCUT2D eigenvalue weighted by Crippen LogP contribution is -2.33. The number of anilines is 1. The van der Waals surface area contributed by atoms with Crippen molar-refractivity contribution >= 4 is 39.0 Å². The molecule has 2 aromatic rings. The fraction of sp³-hybridized carbons (Fsp3) is 0.538. The first-order valence-electron chi connectivity index (χ1n) is 6.32. The molecule has 3 rings (SSSR count). The van der Waals surface area contributed by atoms with E-state index in [4.69, 9.17) is 11.6 Å². The Labute approximate surface area is 116 Å². The highest BCUT2D eigenvalue weighted by atomic mass is 35.5. The molecule has 0 N–H and O–H groups in total. The average molecular weight is 282 g/mol. The summed E-state index contributed by atoms with van der Waals surface area (Å²) in [4.78, 5) is 13.4. The molecule has 1 saturated heterocycles. The zero-order valence-corrected chi connectivity index (χ0v) is 12.2. The highest BCUT2D eigenvalue weighted by molar-refractivity contribution is 7.18. The largest absolute Gasteiger partial charge is 0.356 e. The van der Waals surface area contributed by atoms with E-state index in [2.05, 4.69) is 34.8 Å². The standard InChI is InChI=1S/C13H16ClN3S/c1-8-3-5-17(6-4-8)11-10-7-9(2)18-12(10)16-13(14)15-11/h7-8H,3-6H2,1-2H3. The van der Waals surface area contributed by atoms with Crippen LogP contribution in [0.4, 0.5) is 5.82 Å². The Morgan fingerprint density at radius 2 is 2.06 bits per heavy atom. The summed E-state index contributed by atoms with van der Waals surface area (Å²) in [6.07, 6.45) is 2.46. The van der Waals surface area contributed by atoms with Gasteiger partial charge in [0.25, 0.3) is 0 Å². The van der Waals surface area contributed by atoms with Crippen molar-refractivity contribution in [2.24, 2.45) is 5.92 Å². The Morgan fingerprint density at radius 3 is 2.78 bits per heavy atom. The molecule has 1 aliphatic rings. The number of thiophene rings is 1. The zero-order valence-electron chi connectivity index (χ0n) is 10.6. The molecular weight excluding hydrogens is 266 g/mol. The Kier molecular flexibility index (Phi) is 3.16. The number of halogens is 1. The van der Waals surface area contributed by atoms with Gasteiger partial charge in [0.15, 0.2) is 0 Å². The van der Waals surface area contributed by atoms with Crippen LogP contribution in [-0.4, -0.2) is 23.1 Å². The van der Waals surface area contributed by atoms with Gasteiger partial charge in [-0.25, -0.2) is 4.98 Å². The number of nitrogens with zero attached hydrogens (tertiary/aromatic N) is 3. The lowest BCUT2D eigenvalue weighted by atomic mass is 9.99. The van der Waals surface area contributed by atoms with Crippen molar-refractivity contribution in [1.82, 2.24) is 9.97 Å². The number of rotatable bonds is 1. The molecule has 0 aromatic carbocycles. The average Bonchev–Trinajstić information content (AvgIpc) is 2.69. The zero-order chi connectivity index (χ0) is 12.7. The van der Waals surface area contributed by atoms with Gasteiger partial charge < -0.3 is 4.90 Å². The minimum Gasteiger partial charge on any atom is -0.356 e. The van der Waals surface area contributed by atoms with Crippen LogP contribution in [0.5, 0.6) is 0 Å². The Bertz CT molecular complexity index is 573. The van der Waals surface area contributed by atoms with Crippen molar-refractivity contribution in [2.75, 3.05) is 18.0 Å². The molecule has 0 radical (unpaired) electrons. The summed E-state index contributed by atoms with van der Waals surface area (Å²) in [6, 6.07) is 2.17. The summed E-state index contributed by atoms with van der Waals surface area (Å²) in [6.45, 7) is 6.55. The first kappa shape index (κ1) is 12.2. The van der Waals surface area contributed by atoms with Crippen LogP contribution >= 0.6 is 22.9 Å². The van der Waals surface area contributed by atoms with Crippen molar-refractivity contribution < 1.29 is 0 Å². The van der Waals surface area contributed by atoms with E-state index in [-0.39, 0.29) is 0 Å². The molecule has 96 valence electrons. The van der Waals surface area contributed by atoms with E-state index in [9.17, 15) is 0 Å². The summed E-state index contributed by atoms with van der Waals surface area (Å²) >= 11 is 7.72. The maximum absolute atomic E-state index is 6.04. The van der Waals surface area contributed by atoms with Crippen LogP contribution in [0, 0.1) is 12.8 Å². The molecule has 0 amide bonds. The topological polar surface area (TPSA) is 29.0 Å². The summed E-state index contributed by atoms with van der Waals surface area (Å²) in [7, 11) is 0. The Hall–Kier alpha value is -0.870. The van der Waals surface area contributed by atoms with Gasteiger partial charge in [-0.1, -0.05) is 6.92 Å². The smallest absolute Gasteiger partial charge is 0.225 e. The molecule has 0 atom stereocenters. The number of fused-ring (bicyclic) bond motifs is 1. The molecule has 2 aromatic heterocycles. The Balaban J connectivity index is 2.04. The fourth-order valence-electron chi connectivity index (χ4n) is 2.46. The summed E-state index contributed by atoms with van der Waals surface area (Å²) in [5.74, 6) is 1.83. The van der Waals surface area contributed by atoms with E-state index < -0.39 is 0 Å². The van der Waals surface area contributed by atoms with Gasteiger partial charge in [-0.2, -0.15) is 4.98 Å². The van der Waals surface area contributed by atoms with Gasteiger partial charge in [-0.05, 0) is 43.4 Å². The summed E-state index contributed by atoms with van der Waals surface area (Å²) < 4.78 is 0. The van der Waals surface area contributed by atoms with Crippen molar-refractivity contribution in [3.8, 4) is 0 Å². The van der Waals surface area contributed by atoms with Gasteiger partial charge in [-0.3, -0.25) is 0 Å². The number of aryl methyl sites for hydroxylation is 1. The lowest BCUT2D eigenvalue weighted by Gasteiger charge is -2.31. The van der Waals surface area contributed by atoms with Crippen LogP contribution in [0.1, 0.15) is 24.6 Å². The van der Waals surface area contributed by atoms with E-state index in [0.717, 1.165) is 35.0 Å². The second-order valence-corrected chi connectivity index (χ2v) is 6.63. The molecule has 0 spiro atoms. The molecule has 0 aliphatic carbocycles. The van der Waals surface area contributed by atoms with Crippen molar-refractivity contribution in [3.05, 3.63) is 16.2 Å². The molecule has 1 aliphatic heterocycles. The number of hydrogen-bond donors (Lipinski definition) is 0. The van der Waals surface area contributed by atoms with E-state index >= 15 is 0 Å². The maximum Gasteiger partial charge on any atom is 0.225 e. The van der Waals surface area contributed by atoms with E-state index in [1.54, 1.807) is 11.3 Å². The van der Waals surface area contributed by atoms with Gasteiger partial charge >= 0.3 is 0 Å². The van der Waals surface area contributed by atoms with Crippen molar-refractivity contribution in [1.29, 1.82) is 0 Å². The third-order valence-electron chi connectivity index (χ3n) is 3.55. The maximum atomic E-state index is 6.04. The second-order valence-electron chi connectivity index (χ2n) is 5.06. The van der Waals surface area contributed by atoms with Crippen molar-refractivity contribution in [2.45, 2.75) is 26.7 Å². The van der Waals surface area contributed by atoms with Crippen LogP contribution in [0.25, 0.3) is 10.2 Å². The fourth-order valence-corrected chi connectivity index (χ4v) is 3.55. The molecule has 0 unspecified atom stereocenters. The molecule has 18 heavy (non-hydrogen) atoms. The third-order valence-corrected chi connectivity index (χ3v) is 4.67. The number of aromatic nitrogens is 2. The quantitative estimate of drug-likeness (QED) is 0.743. The van der Waals surface area contributed by atoms with E-state index in [1.165, 1.54) is 17.7 Å². The van der Waals surface area contributed by atoms with Crippen LogP contribution in [-0.2, 0) is 0 Å². The predicted octanol–water partition coefficient (Wildman–Crippen LogP) is 3.89. The molecule has 0 saturated carbocycles. The van der Waals surface area contributed by atoms with Gasteiger partial charge in [-0.15, -0.1) is 11.3 Å². The monoisotopic (exact) mass is 281 g/mol. The normalized spacial score (nSPS) is 17.6. The molecular formula is C13H16ClN3S. The molecule has 3 heterocycles. The highest BCUT2D eigenvalue weighted by Crippen LogP contribution is 2.33. The first-order chi connectivity index (χ1) is 8.63. The highest BCUT2D eigenvalue weighted by Gasteiger charge is 2.20. The minimum atomic E-state index is 0.359. The van der Waals surface area contributed by atoms with Gasteiger partial charge in [0, 0.05) is 18.0 Å². The van der Waals surface area contributed by atoms with Gasteiger partial charge in [0.2, 0.25) is 5.28 Å². The van der Waals surface area contributed by atoms with Crippen LogP contribution < -0.4 is 4.90 Å². The van der Waals surface area contributed by atoms with E-state index in [1.807, 2.05) is 0 Å². The SMILES string of the molecule is Cc1cc2c(N3CCC(C)CC3)nc(Cl)nc2s1. The van der Waals surface area contributed by atoms with Gasteiger partial charge in [0.05, 0.1) is 5.39 Å². The lowest BCUT2D eigenvalue weighted by molar-refractivity contribution is 0.437. The van der Waals surface area contributed by atoms with E-state index in [0.29, 0.717) is 5.28 Å². The molecule has 3 nitrogen and oxygen atoms in total. The summed E-state index contributed by atoms with van der Waals surface area (Å²) in [5.41, 5.74) is 0. The van der Waals surface area contributed by atoms with Crippen LogP contribution in [0.2, 0.25) is 5.28 Å². The number of piperidine rings is 1. The molecule has 5 heteroatoms. The second kappa shape index (κ2) is 4.67. The van der Waals surface area contributed by atoms with Crippen LogP contribution in [0.3, 0.4) is 0 Å². The molecule has 0 bridgehead atoms. The summed E-state index contributed by atoms with van der Waals surface area (Å²) in [5, 5.41) is 1.51. The first-order valence-corrected chi connectivity index (χ1v) is 7.51. The molecule has 1 fully saturated rings. The Morgan fingerprint density at radius 1 is 1.33 bits per heavy atom. The number of hydrogen-bond acceptors (Lipinski definition) is 4. The van der Waals surface area contributed by atoms with Crippen molar-refractivity contribution in [3.63, 3.8) is 0 Å². The van der Waals surface area contributed by atoms with Gasteiger partial charge in [0.1, 0.15) is 10.6 Å².